The second kappa shape index (κ2) is 5.37. The Morgan fingerprint density at radius 3 is 2.65 bits per heavy atom. The molecule has 0 radical (unpaired) electrons. The van der Waals surface area contributed by atoms with Crippen LogP contribution in [0.1, 0.15) is 29.9 Å². The third kappa shape index (κ3) is 2.52. The molecule has 1 aliphatic rings. The van der Waals surface area contributed by atoms with Gasteiger partial charge in [-0.1, -0.05) is 24.3 Å². The van der Waals surface area contributed by atoms with E-state index in [9.17, 15) is 9.90 Å². The lowest BCUT2D eigenvalue weighted by Crippen LogP contribution is -2.24. The Morgan fingerprint density at radius 1 is 1.10 bits per heavy atom. The molecule has 1 atom stereocenters. The summed E-state index contributed by atoms with van der Waals surface area (Å²) in [6, 6.07) is 14.7. The van der Waals surface area contributed by atoms with Crippen molar-refractivity contribution < 1.29 is 9.90 Å². The number of fused-ring (bicyclic) bond motifs is 1. The van der Waals surface area contributed by atoms with E-state index in [0.29, 0.717) is 0 Å². The van der Waals surface area contributed by atoms with Crippen molar-refractivity contribution >= 4 is 11.6 Å². The zero-order valence-corrected chi connectivity index (χ0v) is 11.2. The number of phenols is 1. The minimum absolute atomic E-state index is 0.0304. The monoisotopic (exact) mass is 267 g/mol. The summed E-state index contributed by atoms with van der Waals surface area (Å²) in [5.41, 5.74) is 3.15. The third-order valence-electron chi connectivity index (χ3n) is 3.82. The largest absolute Gasteiger partial charge is 0.508 e. The molecule has 3 heteroatoms. The molecule has 1 aliphatic carbocycles. The second-order valence-corrected chi connectivity index (χ2v) is 5.18. The van der Waals surface area contributed by atoms with Crippen LogP contribution in [-0.2, 0) is 11.2 Å². The van der Waals surface area contributed by atoms with E-state index in [4.69, 9.17) is 0 Å². The summed E-state index contributed by atoms with van der Waals surface area (Å²) in [6.07, 6.45) is 2.99. The van der Waals surface area contributed by atoms with Gasteiger partial charge < -0.3 is 10.4 Å². The maximum atomic E-state index is 12.4. The van der Waals surface area contributed by atoms with Crippen molar-refractivity contribution in [3.05, 3.63) is 59.7 Å². The molecule has 1 amide bonds. The van der Waals surface area contributed by atoms with Crippen LogP contribution in [0.25, 0.3) is 0 Å². The van der Waals surface area contributed by atoms with Crippen molar-refractivity contribution in [3.8, 4) is 5.75 Å². The van der Waals surface area contributed by atoms with E-state index >= 15 is 0 Å². The fourth-order valence-electron chi connectivity index (χ4n) is 2.80. The number of aryl methyl sites for hydroxylation is 1. The molecule has 0 heterocycles. The Morgan fingerprint density at radius 2 is 1.85 bits per heavy atom. The number of rotatable bonds is 2. The fourth-order valence-corrected chi connectivity index (χ4v) is 2.80. The molecule has 0 aliphatic heterocycles. The molecule has 3 rings (SSSR count). The van der Waals surface area contributed by atoms with Crippen LogP contribution < -0.4 is 5.32 Å². The van der Waals surface area contributed by atoms with Crippen LogP contribution in [0.5, 0.6) is 5.75 Å². The van der Waals surface area contributed by atoms with Gasteiger partial charge in [0, 0.05) is 5.69 Å². The Hall–Kier alpha value is -2.29. The van der Waals surface area contributed by atoms with Gasteiger partial charge >= 0.3 is 0 Å². The van der Waals surface area contributed by atoms with Crippen LogP contribution in [0.3, 0.4) is 0 Å². The molecule has 0 saturated carbocycles. The molecule has 2 aromatic rings. The number of benzene rings is 2. The lowest BCUT2D eigenvalue weighted by Gasteiger charge is -2.24. The smallest absolute Gasteiger partial charge is 0.231 e. The summed E-state index contributed by atoms with van der Waals surface area (Å²) in [7, 11) is 0. The van der Waals surface area contributed by atoms with E-state index in [1.165, 1.54) is 5.56 Å². The molecule has 0 saturated heterocycles. The third-order valence-corrected chi connectivity index (χ3v) is 3.82. The summed E-state index contributed by atoms with van der Waals surface area (Å²) >= 11 is 0. The standard InChI is InChI=1S/C17H17NO2/c19-14-10-8-13(9-11-14)18-17(20)16-7-3-5-12-4-1-2-6-15(12)16/h1-2,4,6,8-11,16,19H,3,5,7H2,(H,18,20). The van der Waals surface area contributed by atoms with E-state index in [-0.39, 0.29) is 17.6 Å². The predicted octanol–water partition coefficient (Wildman–Crippen LogP) is 3.45. The highest BCUT2D eigenvalue weighted by molar-refractivity contribution is 5.96. The van der Waals surface area contributed by atoms with E-state index in [1.54, 1.807) is 24.3 Å². The van der Waals surface area contributed by atoms with Gasteiger partial charge in [-0.3, -0.25) is 4.79 Å². The number of nitrogens with one attached hydrogen (secondary N) is 1. The van der Waals surface area contributed by atoms with Crippen molar-refractivity contribution in [2.75, 3.05) is 5.32 Å². The number of hydrogen-bond acceptors (Lipinski definition) is 2. The Bertz CT molecular complexity index is 619. The number of carbonyl (C=O) groups excluding carboxylic acids is 1. The minimum Gasteiger partial charge on any atom is -0.508 e. The molecule has 0 fully saturated rings. The van der Waals surface area contributed by atoms with E-state index in [0.717, 1.165) is 30.5 Å². The van der Waals surface area contributed by atoms with Gasteiger partial charge in [-0.25, -0.2) is 0 Å². The molecular weight excluding hydrogens is 250 g/mol. The zero-order valence-electron chi connectivity index (χ0n) is 11.2. The Balaban J connectivity index is 1.80. The lowest BCUT2D eigenvalue weighted by atomic mass is 9.82. The molecule has 20 heavy (non-hydrogen) atoms. The van der Waals surface area contributed by atoms with Gasteiger partial charge in [0.15, 0.2) is 0 Å². The van der Waals surface area contributed by atoms with Gasteiger partial charge in [-0.15, -0.1) is 0 Å². The van der Waals surface area contributed by atoms with Crippen molar-refractivity contribution in [1.29, 1.82) is 0 Å². The zero-order chi connectivity index (χ0) is 13.9. The molecular formula is C17H17NO2. The number of carbonyl (C=O) groups is 1. The number of hydrogen-bond donors (Lipinski definition) is 2. The van der Waals surface area contributed by atoms with Crippen LogP contribution in [0, 0.1) is 0 Å². The maximum absolute atomic E-state index is 12.4. The summed E-state index contributed by atoms with van der Waals surface area (Å²) in [5, 5.41) is 12.2. The number of phenolic OH excluding ortho intramolecular Hbond substituents is 1. The number of aromatic hydroxyl groups is 1. The quantitative estimate of drug-likeness (QED) is 0.819. The first-order valence-corrected chi connectivity index (χ1v) is 6.92. The van der Waals surface area contributed by atoms with Gasteiger partial charge in [-0.2, -0.15) is 0 Å². The molecule has 2 aromatic carbocycles. The Labute approximate surface area is 118 Å². The summed E-state index contributed by atoms with van der Waals surface area (Å²) < 4.78 is 0. The molecule has 3 nitrogen and oxygen atoms in total. The van der Waals surface area contributed by atoms with Crippen LogP contribution >= 0.6 is 0 Å². The minimum atomic E-state index is -0.0752. The summed E-state index contributed by atoms with van der Waals surface area (Å²) in [4.78, 5) is 12.4. The fraction of sp³-hybridized carbons (Fsp3) is 0.235. The predicted molar refractivity (Wildman–Crippen MR) is 78.9 cm³/mol. The number of amides is 1. The van der Waals surface area contributed by atoms with Gasteiger partial charge in [0.25, 0.3) is 0 Å². The van der Waals surface area contributed by atoms with Crippen LogP contribution in [0.2, 0.25) is 0 Å². The van der Waals surface area contributed by atoms with Crippen molar-refractivity contribution in [1.82, 2.24) is 0 Å². The molecule has 102 valence electrons. The van der Waals surface area contributed by atoms with E-state index in [2.05, 4.69) is 17.4 Å². The SMILES string of the molecule is O=C(Nc1ccc(O)cc1)C1CCCc2ccccc21. The summed E-state index contributed by atoms with van der Waals surface area (Å²) in [6.45, 7) is 0. The van der Waals surface area contributed by atoms with Gasteiger partial charge in [0.1, 0.15) is 5.75 Å². The Kier molecular flexibility index (Phi) is 3.42. The molecule has 1 unspecified atom stereocenters. The van der Waals surface area contributed by atoms with Crippen molar-refractivity contribution in [2.45, 2.75) is 25.2 Å². The van der Waals surface area contributed by atoms with Gasteiger partial charge in [0.05, 0.1) is 5.92 Å². The second-order valence-electron chi connectivity index (χ2n) is 5.18. The average Bonchev–Trinajstić information content (AvgIpc) is 2.49. The summed E-state index contributed by atoms with van der Waals surface area (Å²) in [5.74, 6) is 0.155. The van der Waals surface area contributed by atoms with E-state index < -0.39 is 0 Å². The lowest BCUT2D eigenvalue weighted by molar-refractivity contribution is -0.117. The van der Waals surface area contributed by atoms with Crippen LogP contribution in [0.4, 0.5) is 5.69 Å². The highest BCUT2D eigenvalue weighted by Crippen LogP contribution is 2.32. The first-order chi connectivity index (χ1) is 9.74. The number of anilines is 1. The molecule has 0 bridgehead atoms. The van der Waals surface area contributed by atoms with Crippen molar-refractivity contribution in [2.24, 2.45) is 0 Å². The maximum Gasteiger partial charge on any atom is 0.231 e. The van der Waals surface area contributed by atoms with Gasteiger partial charge in [-0.05, 0) is 54.7 Å². The van der Waals surface area contributed by atoms with Crippen molar-refractivity contribution in [3.63, 3.8) is 0 Å². The van der Waals surface area contributed by atoms with E-state index in [1.807, 2.05) is 12.1 Å². The molecule has 0 aromatic heterocycles. The first kappa shape index (κ1) is 12.7. The molecule has 2 N–H and O–H groups in total. The topological polar surface area (TPSA) is 49.3 Å². The highest BCUT2D eigenvalue weighted by atomic mass is 16.3. The normalized spacial score (nSPS) is 17.3. The van der Waals surface area contributed by atoms with Crippen LogP contribution in [-0.4, -0.2) is 11.0 Å². The average molecular weight is 267 g/mol. The first-order valence-electron chi connectivity index (χ1n) is 6.92. The van der Waals surface area contributed by atoms with Crippen LogP contribution in [0.15, 0.2) is 48.5 Å². The molecule has 0 spiro atoms. The van der Waals surface area contributed by atoms with Gasteiger partial charge in [0.2, 0.25) is 5.91 Å². The highest BCUT2D eigenvalue weighted by Gasteiger charge is 2.26.